The van der Waals surface area contributed by atoms with Crippen LogP contribution in [0.5, 0.6) is 0 Å². The lowest BCUT2D eigenvalue weighted by Crippen LogP contribution is -2.46. The first-order valence-corrected chi connectivity index (χ1v) is 6.60. The van der Waals surface area contributed by atoms with E-state index in [0.29, 0.717) is 11.7 Å². The average Bonchev–Trinajstić information content (AvgIpc) is 2.31. The number of hydrogen-bond acceptors (Lipinski definition) is 4. The number of nitrogens with one attached hydrogen (secondary N) is 1. The van der Waals surface area contributed by atoms with Crippen LogP contribution >= 0.6 is 0 Å². The van der Waals surface area contributed by atoms with Crippen molar-refractivity contribution in [1.29, 1.82) is 0 Å². The van der Waals surface area contributed by atoms with E-state index in [1.807, 2.05) is 6.92 Å². The molecule has 19 heavy (non-hydrogen) atoms. The largest absolute Gasteiger partial charge is 0.456 e. The molecule has 1 aliphatic carbocycles. The molecule has 1 saturated carbocycles. The lowest BCUT2D eigenvalue weighted by atomic mass is 9.76. The van der Waals surface area contributed by atoms with Crippen molar-refractivity contribution in [3.05, 3.63) is 33.9 Å². The van der Waals surface area contributed by atoms with Crippen LogP contribution in [0.3, 0.4) is 0 Å². The molecule has 0 aromatic carbocycles. The van der Waals surface area contributed by atoms with Crippen LogP contribution in [0.4, 0.5) is 0 Å². The number of carbonyl (C=O) groups excluding carboxylic acids is 1. The number of rotatable bonds is 4. The maximum atomic E-state index is 12.0. The van der Waals surface area contributed by atoms with E-state index < -0.39 is 0 Å². The smallest absolute Gasteiger partial charge is 0.287 e. The van der Waals surface area contributed by atoms with Crippen molar-refractivity contribution >= 4 is 5.91 Å². The van der Waals surface area contributed by atoms with Gasteiger partial charge in [0.1, 0.15) is 5.76 Å². The van der Waals surface area contributed by atoms with E-state index in [9.17, 15) is 14.7 Å². The highest BCUT2D eigenvalue weighted by molar-refractivity contribution is 5.91. The Balaban J connectivity index is 2.05. The summed E-state index contributed by atoms with van der Waals surface area (Å²) in [6.07, 6.45) is 1.99. The Bertz CT molecular complexity index is 516. The average molecular weight is 265 g/mol. The zero-order chi connectivity index (χ0) is 14.0. The van der Waals surface area contributed by atoms with Gasteiger partial charge in [-0.15, -0.1) is 0 Å². The minimum atomic E-state index is -0.367. The molecule has 5 nitrogen and oxygen atoms in total. The Hall–Kier alpha value is -1.62. The van der Waals surface area contributed by atoms with Gasteiger partial charge in [0, 0.05) is 18.2 Å². The molecule has 0 saturated heterocycles. The van der Waals surface area contributed by atoms with E-state index in [1.165, 1.54) is 12.1 Å². The molecule has 1 aromatic heterocycles. The Labute approximate surface area is 111 Å². The molecule has 1 atom stereocenters. The number of aryl methyl sites for hydroxylation is 1. The number of carbonyl (C=O) groups is 1. The number of aliphatic hydroxyl groups excluding tert-OH is 1. The van der Waals surface area contributed by atoms with E-state index in [2.05, 4.69) is 5.32 Å². The fourth-order valence-corrected chi connectivity index (χ4v) is 2.47. The fraction of sp³-hybridized carbons (Fsp3) is 0.571. The third-order valence-corrected chi connectivity index (χ3v) is 3.59. The van der Waals surface area contributed by atoms with Crippen LogP contribution in [0.25, 0.3) is 0 Å². The van der Waals surface area contributed by atoms with Crippen LogP contribution in [0, 0.1) is 12.8 Å². The molecular weight excluding hydrogens is 246 g/mol. The third kappa shape index (κ3) is 3.23. The van der Waals surface area contributed by atoms with E-state index >= 15 is 0 Å². The van der Waals surface area contributed by atoms with Gasteiger partial charge < -0.3 is 14.8 Å². The first-order chi connectivity index (χ1) is 8.99. The molecule has 5 heteroatoms. The molecule has 1 aliphatic rings. The summed E-state index contributed by atoms with van der Waals surface area (Å²) in [5.74, 6) is 0.405. The molecular formula is C14H19NO4. The molecule has 1 aromatic rings. The van der Waals surface area contributed by atoms with Gasteiger partial charge in [-0.1, -0.05) is 6.92 Å². The molecule has 1 fully saturated rings. The van der Waals surface area contributed by atoms with Crippen molar-refractivity contribution in [2.75, 3.05) is 0 Å². The van der Waals surface area contributed by atoms with Crippen molar-refractivity contribution in [2.45, 2.75) is 45.3 Å². The number of aliphatic hydroxyl groups is 1. The summed E-state index contributed by atoms with van der Waals surface area (Å²) in [7, 11) is 0. The van der Waals surface area contributed by atoms with Crippen molar-refractivity contribution < 1.29 is 14.3 Å². The van der Waals surface area contributed by atoms with Gasteiger partial charge in [0.25, 0.3) is 5.91 Å². The van der Waals surface area contributed by atoms with E-state index in [-0.39, 0.29) is 29.2 Å². The molecule has 1 heterocycles. The second-order valence-corrected chi connectivity index (χ2v) is 5.14. The first-order valence-electron chi connectivity index (χ1n) is 6.60. The SMILES string of the molecule is CC[C@@H](NC(=O)c1cc(=O)cc(C)o1)C1CC(O)C1. The van der Waals surface area contributed by atoms with E-state index in [0.717, 1.165) is 19.3 Å². The van der Waals surface area contributed by atoms with Crippen LogP contribution in [0.15, 0.2) is 21.3 Å². The molecule has 2 rings (SSSR count). The summed E-state index contributed by atoms with van der Waals surface area (Å²) in [5, 5.41) is 12.2. The predicted octanol–water partition coefficient (Wildman–Crippen LogP) is 1.23. The lowest BCUT2D eigenvalue weighted by molar-refractivity contribution is 0.0229. The van der Waals surface area contributed by atoms with Crippen molar-refractivity contribution in [1.82, 2.24) is 5.32 Å². The topological polar surface area (TPSA) is 79.5 Å². The van der Waals surface area contributed by atoms with Gasteiger partial charge in [-0.05, 0) is 32.1 Å². The summed E-state index contributed by atoms with van der Waals surface area (Å²) in [6.45, 7) is 3.62. The summed E-state index contributed by atoms with van der Waals surface area (Å²) >= 11 is 0. The van der Waals surface area contributed by atoms with E-state index in [1.54, 1.807) is 6.92 Å². The second-order valence-electron chi connectivity index (χ2n) is 5.14. The van der Waals surface area contributed by atoms with Gasteiger partial charge in [-0.2, -0.15) is 0 Å². The zero-order valence-electron chi connectivity index (χ0n) is 11.2. The Morgan fingerprint density at radius 1 is 1.53 bits per heavy atom. The van der Waals surface area contributed by atoms with Crippen LogP contribution in [0.1, 0.15) is 42.5 Å². The van der Waals surface area contributed by atoms with Crippen molar-refractivity contribution in [2.24, 2.45) is 5.92 Å². The van der Waals surface area contributed by atoms with Gasteiger partial charge in [0.05, 0.1) is 6.10 Å². The van der Waals surface area contributed by atoms with Crippen LogP contribution in [0.2, 0.25) is 0 Å². The summed E-state index contributed by atoms with van der Waals surface area (Å²) in [6, 6.07) is 2.56. The molecule has 0 unspecified atom stereocenters. The Morgan fingerprint density at radius 2 is 2.21 bits per heavy atom. The monoisotopic (exact) mass is 265 g/mol. The van der Waals surface area contributed by atoms with Crippen LogP contribution < -0.4 is 10.7 Å². The molecule has 0 bridgehead atoms. The van der Waals surface area contributed by atoms with Gasteiger partial charge in [-0.25, -0.2) is 0 Å². The summed E-state index contributed by atoms with van der Waals surface area (Å²) in [5.41, 5.74) is -0.235. The zero-order valence-corrected chi connectivity index (χ0v) is 11.2. The van der Waals surface area contributed by atoms with Crippen molar-refractivity contribution in [3.63, 3.8) is 0 Å². The van der Waals surface area contributed by atoms with Crippen LogP contribution in [-0.4, -0.2) is 23.2 Å². The molecule has 2 N–H and O–H groups in total. The minimum absolute atomic E-state index is 0.0155. The fourth-order valence-electron chi connectivity index (χ4n) is 2.47. The van der Waals surface area contributed by atoms with Gasteiger partial charge in [0.2, 0.25) is 0 Å². The second kappa shape index (κ2) is 5.57. The number of hydrogen-bond donors (Lipinski definition) is 2. The van der Waals surface area contributed by atoms with Crippen LogP contribution in [-0.2, 0) is 0 Å². The molecule has 0 radical (unpaired) electrons. The summed E-state index contributed by atoms with van der Waals surface area (Å²) < 4.78 is 5.26. The lowest BCUT2D eigenvalue weighted by Gasteiger charge is -2.37. The minimum Gasteiger partial charge on any atom is -0.456 e. The van der Waals surface area contributed by atoms with Crippen molar-refractivity contribution in [3.8, 4) is 0 Å². The maximum absolute atomic E-state index is 12.0. The normalized spacial score (nSPS) is 23.5. The Morgan fingerprint density at radius 3 is 2.74 bits per heavy atom. The molecule has 0 spiro atoms. The van der Waals surface area contributed by atoms with Gasteiger partial charge in [-0.3, -0.25) is 9.59 Å². The highest BCUT2D eigenvalue weighted by Gasteiger charge is 2.34. The van der Waals surface area contributed by atoms with E-state index in [4.69, 9.17) is 4.42 Å². The highest BCUT2D eigenvalue weighted by atomic mass is 16.3. The molecule has 0 aliphatic heterocycles. The first kappa shape index (κ1) is 13.8. The molecule has 104 valence electrons. The molecule has 1 amide bonds. The number of amides is 1. The quantitative estimate of drug-likeness (QED) is 0.858. The van der Waals surface area contributed by atoms with Gasteiger partial charge >= 0.3 is 0 Å². The standard InChI is InChI=1S/C14H19NO4/c1-3-12(9-5-11(17)6-9)15-14(18)13-7-10(16)4-8(2)19-13/h4,7,9,11-12,17H,3,5-6H2,1-2H3,(H,15,18)/t9?,11?,12-/m1/s1. The maximum Gasteiger partial charge on any atom is 0.287 e. The highest BCUT2D eigenvalue weighted by Crippen LogP contribution is 2.31. The third-order valence-electron chi connectivity index (χ3n) is 3.59. The Kier molecular flexibility index (Phi) is 4.04. The summed E-state index contributed by atoms with van der Waals surface area (Å²) in [4.78, 5) is 23.4. The van der Waals surface area contributed by atoms with Gasteiger partial charge in [0.15, 0.2) is 11.2 Å². The predicted molar refractivity (Wildman–Crippen MR) is 70.0 cm³/mol.